The molecular weight excluding hydrogens is 482 g/mol. The minimum atomic E-state index is -1.22. The van der Waals surface area contributed by atoms with E-state index in [4.69, 9.17) is 27.0 Å². The molecule has 1 heterocycles. The number of hydrogen-bond acceptors (Lipinski definition) is 5. The van der Waals surface area contributed by atoms with Gasteiger partial charge < -0.3 is 25.9 Å². The number of carboxylic acid groups (broad SMARTS) is 1. The molecule has 0 amide bonds. The van der Waals surface area contributed by atoms with E-state index in [0.29, 0.717) is 33.5 Å². The zero-order chi connectivity index (χ0) is 27.0. The predicted molar refractivity (Wildman–Crippen MR) is 147 cm³/mol. The van der Waals surface area contributed by atoms with Crippen molar-refractivity contribution in [1.29, 1.82) is 10.8 Å². The molecule has 0 saturated carbocycles. The Bertz CT molecular complexity index is 1840. The number of nitrogens with two attached hydrogens (primary N) is 2. The Morgan fingerprint density at radius 1 is 0.816 bits per heavy atom. The Hall–Kier alpha value is -5.44. The van der Waals surface area contributed by atoms with E-state index in [1.54, 1.807) is 48.5 Å². The van der Waals surface area contributed by atoms with Crippen LogP contribution in [0.3, 0.4) is 0 Å². The van der Waals surface area contributed by atoms with Crippen molar-refractivity contribution in [2.45, 2.75) is 6.54 Å². The summed E-state index contributed by atoms with van der Waals surface area (Å²) in [5.41, 5.74) is 13.0. The minimum absolute atomic E-state index is 0.0326. The molecule has 5 aromatic rings. The van der Waals surface area contributed by atoms with Crippen molar-refractivity contribution >= 4 is 39.3 Å². The fraction of sp³-hybridized carbons (Fsp3) is 0.0345. The van der Waals surface area contributed by atoms with Crippen LogP contribution in [0.2, 0.25) is 0 Å². The van der Waals surface area contributed by atoms with Gasteiger partial charge in [-0.1, -0.05) is 36.4 Å². The standard InChI is InChI=1S/C29H23N5O4/c30-27(31)18-2-1-3-21(12-18)38-22-8-9-25-23(13-22)24(29(36)37)14-26(35)34(25)15-16-4-5-17-6-7-19(28(32)33)11-20(17)10-16/h1-14H,15H2,(H3,30,31)(H3,32,33)(H,36,37). The van der Waals surface area contributed by atoms with Gasteiger partial charge in [0.25, 0.3) is 5.56 Å². The third-order valence-corrected chi connectivity index (χ3v) is 6.25. The van der Waals surface area contributed by atoms with Crippen molar-refractivity contribution in [1.82, 2.24) is 4.57 Å². The molecule has 0 aliphatic rings. The molecule has 9 nitrogen and oxygen atoms in total. The maximum absolute atomic E-state index is 13.0. The Kier molecular flexibility index (Phi) is 6.10. The molecule has 7 N–H and O–H groups in total. The van der Waals surface area contributed by atoms with Gasteiger partial charge in [-0.2, -0.15) is 0 Å². The number of ether oxygens (including phenoxy) is 1. The highest BCUT2D eigenvalue weighted by Gasteiger charge is 2.16. The molecule has 4 aromatic carbocycles. The molecule has 188 valence electrons. The van der Waals surface area contributed by atoms with Crippen molar-refractivity contribution in [2.24, 2.45) is 11.5 Å². The van der Waals surface area contributed by atoms with Crippen LogP contribution in [0.25, 0.3) is 21.7 Å². The SMILES string of the molecule is N=C(N)c1cccc(Oc2ccc3c(c2)c(C(=O)O)cc(=O)n3Cc2ccc3ccc(C(=N)N)cc3c2)c1. The van der Waals surface area contributed by atoms with Crippen LogP contribution in [0.15, 0.2) is 89.7 Å². The van der Waals surface area contributed by atoms with Gasteiger partial charge in [0.2, 0.25) is 0 Å². The number of benzene rings is 4. The van der Waals surface area contributed by atoms with Gasteiger partial charge in [0.1, 0.15) is 23.2 Å². The number of hydrogen-bond donors (Lipinski definition) is 5. The summed E-state index contributed by atoms with van der Waals surface area (Å²) < 4.78 is 7.43. The first-order valence-electron chi connectivity index (χ1n) is 11.6. The Balaban J connectivity index is 1.57. The molecule has 9 heteroatoms. The van der Waals surface area contributed by atoms with Crippen molar-refractivity contribution in [2.75, 3.05) is 0 Å². The summed E-state index contributed by atoms with van der Waals surface area (Å²) in [7, 11) is 0. The monoisotopic (exact) mass is 505 g/mol. The van der Waals surface area contributed by atoms with Crippen LogP contribution < -0.4 is 21.8 Å². The summed E-state index contributed by atoms with van der Waals surface area (Å²) in [5.74, 6) is -0.554. The van der Waals surface area contributed by atoms with Crippen molar-refractivity contribution in [3.05, 3.63) is 118 Å². The third kappa shape index (κ3) is 4.68. The topological polar surface area (TPSA) is 168 Å². The van der Waals surface area contributed by atoms with Crippen LogP contribution in [0.5, 0.6) is 11.5 Å². The van der Waals surface area contributed by atoms with Gasteiger partial charge in [-0.3, -0.25) is 15.6 Å². The van der Waals surface area contributed by atoms with Crippen LogP contribution >= 0.6 is 0 Å². The van der Waals surface area contributed by atoms with Crippen LogP contribution in [0.1, 0.15) is 27.0 Å². The first-order valence-corrected chi connectivity index (χ1v) is 11.6. The van der Waals surface area contributed by atoms with Gasteiger partial charge in [0.05, 0.1) is 17.6 Å². The van der Waals surface area contributed by atoms with Crippen LogP contribution in [0.4, 0.5) is 0 Å². The Labute approximate surface area is 216 Å². The number of aromatic carboxylic acids is 1. The molecule has 5 rings (SSSR count). The zero-order valence-electron chi connectivity index (χ0n) is 20.1. The summed E-state index contributed by atoms with van der Waals surface area (Å²) in [6, 6.07) is 23.9. The quantitative estimate of drug-likeness (QED) is 0.163. The fourth-order valence-corrected chi connectivity index (χ4v) is 4.38. The lowest BCUT2D eigenvalue weighted by molar-refractivity contribution is 0.0698. The predicted octanol–water partition coefficient (Wildman–Crippen LogP) is 4.26. The Morgan fingerprint density at radius 2 is 1.53 bits per heavy atom. The number of nitrogens with one attached hydrogen (secondary N) is 2. The molecule has 0 spiro atoms. The van der Waals surface area contributed by atoms with E-state index in [0.717, 1.165) is 22.4 Å². The molecule has 0 aliphatic heterocycles. The van der Waals surface area contributed by atoms with E-state index in [1.807, 2.05) is 30.3 Å². The first kappa shape index (κ1) is 24.3. The average molecular weight is 506 g/mol. The lowest BCUT2D eigenvalue weighted by Gasteiger charge is -2.15. The molecule has 0 radical (unpaired) electrons. The second kappa shape index (κ2) is 9.55. The lowest BCUT2D eigenvalue weighted by Crippen LogP contribution is -2.22. The summed E-state index contributed by atoms with van der Waals surface area (Å²) in [6.07, 6.45) is 0. The van der Waals surface area contributed by atoms with Crippen molar-refractivity contribution in [3.8, 4) is 11.5 Å². The highest BCUT2D eigenvalue weighted by Crippen LogP contribution is 2.28. The summed E-state index contributed by atoms with van der Waals surface area (Å²) in [4.78, 5) is 25.0. The van der Waals surface area contributed by atoms with Crippen LogP contribution in [-0.4, -0.2) is 27.3 Å². The summed E-state index contributed by atoms with van der Waals surface area (Å²) in [6.45, 7) is 0.205. The molecule has 38 heavy (non-hydrogen) atoms. The number of pyridine rings is 1. The molecule has 0 atom stereocenters. The number of nitrogen functional groups attached to an aromatic ring is 2. The van der Waals surface area contributed by atoms with Gasteiger partial charge in [-0.25, -0.2) is 4.79 Å². The Morgan fingerprint density at radius 3 is 2.26 bits per heavy atom. The van der Waals surface area contributed by atoms with Crippen molar-refractivity contribution < 1.29 is 14.6 Å². The van der Waals surface area contributed by atoms with Gasteiger partial charge in [0.15, 0.2) is 0 Å². The molecule has 0 fully saturated rings. The number of nitrogens with zero attached hydrogens (tertiary/aromatic N) is 1. The summed E-state index contributed by atoms with van der Waals surface area (Å²) in [5, 5.41) is 27.3. The minimum Gasteiger partial charge on any atom is -0.478 e. The highest BCUT2D eigenvalue weighted by molar-refractivity contribution is 6.03. The number of fused-ring (bicyclic) bond motifs is 2. The third-order valence-electron chi connectivity index (χ3n) is 6.25. The number of amidine groups is 2. The largest absolute Gasteiger partial charge is 0.478 e. The smallest absolute Gasteiger partial charge is 0.336 e. The average Bonchev–Trinajstić information content (AvgIpc) is 2.89. The van der Waals surface area contributed by atoms with Gasteiger partial charge >= 0.3 is 5.97 Å². The van der Waals surface area contributed by atoms with Gasteiger partial charge in [0, 0.05) is 22.6 Å². The van der Waals surface area contributed by atoms with E-state index >= 15 is 0 Å². The zero-order valence-corrected chi connectivity index (χ0v) is 20.1. The number of rotatable bonds is 7. The van der Waals surface area contributed by atoms with E-state index < -0.39 is 11.5 Å². The molecular formula is C29H23N5O4. The molecule has 0 bridgehead atoms. The number of aromatic nitrogens is 1. The molecule has 0 saturated heterocycles. The van der Waals surface area contributed by atoms with Crippen LogP contribution in [-0.2, 0) is 6.54 Å². The molecule has 0 unspecified atom stereocenters. The van der Waals surface area contributed by atoms with Crippen molar-refractivity contribution in [3.63, 3.8) is 0 Å². The highest BCUT2D eigenvalue weighted by atomic mass is 16.5. The van der Waals surface area contributed by atoms with E-state index in [1.165, 1.54) is 4.57 Å². The molecule has 1 aromatic heterocycles. The van der Waals surface area contributed by atoms with E-state index in [-0.39, 0.29) is 23.8 Å². The van der Waals surface area contributed by atoms with Crippen LogP contribution in [0, 0.1) is 10.8 Å². The lowest BCUT2D eigenvalue weighted by atomic mass is 10.0. The maximum Gasteiger partial charge on any atom is 0.336 e. The molecule has 0 aliphatic carbocycles. The van der Waals surface area contributed by atoms with E-state index in [2.05, 4.69) is 0 Å². The second-order valence-corrected chi connectivity index (χ2v) is 8.82. The summed E-state index contributed by atoms with van der Waals surface area (Å²) >= 11 is 0. The number of carbonyl (C=O) groups is 1. The van der Waals surface area contributed by atoms with E-state index in [9.17, 15) is 14.7 Å². The second-order valence-electron chi connectivity index (χ2n) is 8.82. The normalized spacial score (nSPS) is 10.9. The number of carboxylic acids is 1. The maximum atomic E-state index is 13.0. The fourth-order valence-electron chi connectivity index (χ4n) is 4.38. The first-order chi connectivity index (χ1) is 18.2. The van der Waals surface area contributed by atoms with Gasteiger partial charge in [-0.05, 0) is 58.8 Å². The van der Waals surface area contributed by atoms with Gasteiger partial charge in [-0.15, -0.1) is 0 Å².